The lowest BCUT2D eigenvalue weighted by Crippen LogP contribution is -2.46. The number of rotatable bonds is 5. The largest absolute Gasteiger partial charge is 0.465 e. The van der Waals surface area contributed by atoms with Crippen molar-refractivity contribution in [3.8, 4) is 0 Å². The van der Waals surface area contributed by atoms with Crippen LogP contribution in [0.1, 0.15) is 44.3 Å². The summed E-state index contributed by atoms with van der Waals surface area (Å²) in [6.07, 6.45) is 2.71. The third kappa shape index (κ3) is 2.66. The normalized spacial score (nSPS) is 26.4. The molecular weight excluding hydrogens is 202 g/mol. The molecule has 1 aromatic heterocycles. The van der Waals surface area contributed by atoms with Gasteiger partial charge in [-0.15, -0.1) is 0 Å². The van der Waals surface area contributed by atoms with Crippen molar-refractivity contribution >= 4 is 0 Å². The summed E-state index contributed by atoms with van der Waals surface area (Å²) in [5.74, 6) is 2.00. The Morgan fingerprint density at radius 1 is 1.50 bits per heavy atom. The second-order valence-electron chi connectivity index (χ2n) is 4.58. The zero-order valence-corrected chi connectivity index (χ0v) is 10.3. The van der Waals surface area contributed by atoms with Crippen molar-refractivity contribution in [2.75, 3.05) is 6.61 Å². The van der Waals surface area contributed by atoms with Crippen molar-refractivity contribution in [2.24, 2.45) is 0 Å². The molecule has 0 aliphatic heterocycles. The van der Waals surface area contributed by atoms with Gasteiger partial charge in [0.2, 0.25) is 0 Å². The highest BCUT2D eigenvalue weighted by Crippen LogP contribution is 2.26. The Morgan fingerprint density at radius 2 is 2.25 bits per heavy atom. The van der Waals surface area contributed by atoms with Crippen LogP contribution in [0.25, 0.3) is 0 Å². The number of ether oxygens (including phenoxy) is 1. The summed E-state index contributed by atoms with van der Waals surface area (Å²) in [6, 6.07) is 4.93. The van der Waals surface area contributed by atoms with Gasteiger partial charge in [-0.1, -0.05) is 0 Å². The highest BCUT2D eigenvalue weighted by atomic mass is 16.5. The maximum atomic E-state index is 5.60. The van der Waals surface area contributed by atoms with E-state index in [2.05, 4.69) is 19.2 Å². The fraction of sp³-hybridized carbons (Fsp3) is 0.692. The van der Waals surface area contributed by atoms with Crippen LogP contribution in [0.3, 0.4) is 0 Å². The maximum absolute atomic E-state index is 5.60. The van der Waals surface area contributed by atoms with Crippen LogP contribution in [0.4, 0.5) is 0 Å². The Hall–Kier alpha value is -0.800. The van der Waals surface area contributed by atoms with Gasteiger partial charge in [0.15, 0.2) is 0 Å². The van der Waals surface area contributed by atoms with Crippen molar-refractivity contribution in [1.29, 1.82) is 0 Å². The number of nitrogens with one attached hydrogen (secondary N) is 1. The van der Waals surface area contributed by atoms with Crippen LogP contribution < -0.4 is 5.32 Å². The van der Waals surface area contributed by atoms with E-state index in [9.17, 15) is 0 Å². The lowest BCUT2D eigenvalue weighted by molar-refractivity contribution is -0.0125. The second-order valence-corrected chi connectivity index (χ2v) is 4.58. The fourth-order valence-electron chi connectivity index (χ4n) is 2.20. The molecule has 1 aliphatic rings. The first-order chi connectivity index (χ1) is 7.69. The Labute approximate surface area is 97.2 Å². The van der Waals surface area contributed by atoms with Crippen LogP contribution >= 0.6 is 0 Å². The van der Waals surface area contributed by atoms with Gasteiger partial charge in [-0.3, -0.25) is 0 Å². The molecular formula is C13H21NO2. The smallest absolute Gasteiger partial charge is 0.120 e. The molecule has 3 nitrogen and oxygen atoms in total. The van der Waals surface area contributed by atoms with Crippen LogP contribution in [0, 0.1) is 6.92 Å². The van der Waals surface area contributed by atoms with Crippen LogP contribution in [0.5, 0.6) is 0 Å². The van der Waals surface area contributed by atoms with Crippen molar-refractivity contribution in [3.05, 3.63) is 23.7 Å². The highest BCUT2D eigenvalue weighted by molar-refractivity contribution is 5.09. The predicted molar refractivity (Wildman–Crippen MR) is 63.4 cm³/mol. The first-order valence-corrected chi connectivity index (χ1v) is 6.13. The molecule has 2 rings (SSSR count). The van der Waals surface area contributed by atoms with Crippen LogP contribution in [-0.4, -0.2) is 18.8 Å². The van der Waals surface area contributed by atoms with Gasteiger partial charge in [0.05, 0.1) is 12.1 Å². The third-order valence-corrected chi connectivity index (χ3v) is 3.17. The summed E-state index contributed by atoms with van der Waals surface area (Å²) in [4.78, 5) is 0. The van der Waals surface area contributed by atoms with E-state index in [1.54, 1.807) is 0 Å². The molecule has 16 heavy (non-hydrogen) atoms. The van der Waals surface area contributed by atoms with Gasteiger partial charge in [0, 0.05) is 12.6 Å². The Bertz CT molecular complexity index is 328. The minimum atomic E-state index is 0.293. The van der Waals surface area contributed by atoms with Gasteiger partial charge in [0.25, 0.3) is 0 Å². The standard InChI is InChI=1S/C13H21NO2/c1-4-15-12-7-11(8-12)14-10(3)13-6-5-9(2)16-13/h5-6,10-12,14H,4,7-8H2,1-3H3. The molecule has 0 aromatic carbocycles. The van der Waals surface area contributed by atoms with E-state index in [4.69, 9.17) is 9.15 Å². The highest BCUT2D eigenvalue weighted by Gasteiger charge is 2.30. The van der Waals surface area contributed by atoms with Gasteiger partial charge in [-0.25, -0.2) is 0 Å². The molecule has 3 heteroatoms. The summed E-state index contributed by atoms with van der Waals surface area (Å²) in [5, 5.41) is 3.56. The Morgan fingerprint density at radius 3 is 2.81 bits per heavy atom. The molecule has 0 spiro atoms. The molecule has 0 amide bonds. The molecule has 1 N–H and O–H groups in total. The van der Waals surface area contributed by atoms with E-state index >= 15 is 0 Å². The van der Waals surface area contributed by atoms with E-state index < -0.39 is 0 Å². The number of hydrogen-bond donors (Lipinski definition) is 1. The number of hydrogen-bond acceptors (Lipinski definition) is 3. The summed E-state index contributed by atoms with van der Waals surface area (Å²) in [5.41, 5.74) is 0. The van der Waals surface area contributed by atoms with E-state index in [0.717, 1.165) is 31.0 Å². The van der Waals surface area contributed by atoms with Gasteiger partial charge >= 0.3 is 0 Å². The first-order valence-electron chi connectivity index (χ1n) is 6.13. The minimum Gasteiger partial charge on any atom is -0.465 e. The molecule has 1 atom stereocenters. The maximum Gasteiger partial charge on any atom is 0.120 e. The van der Waals surface area contributed by atoms with Crippen molar-refractivity contribution < 1.29 is 9.15 Å². The van der Waals surface area contributed by atoms with Crippen molar-refractivity contribution in [1.82, 2.24) is 5.32 Å². The van der Waals surface area contributed by atoms with Gasteiger partial charge in [-0.2, -0.15) is 0 Å². The Balaban J connectivity index is 1.75. The molecule has 1 unspecified atom stereocenters. The molecule has 0 bridgehead atoms. The molecule has 0 radical (unpaired) electrons. The quantitative estimate of drug-likeness (QED) is 0.833. The zero-order chi connectivity index (χ0) is 11.5. The summed E-state index contributed by atoms with van der Waals surface area (Å²) < 4.78 is 11.1. The SMILES string of the molecule is CCOC1CC(NC(C)c2ccc(C)o2)C1. The third-order valence-electron chi connectivity index (χ3n) is 3.17. The average Bonchev–Trinajstić information content (AvgIpc) is 2.61. The average molecular weight is 223 g/mol. The van der Waals surface area contributed by atoms with Gasteiger partial charge in [-0.05, 0) is 45.7 Å². The molecule has 1 aliphatic carbocycles. The lowest BCUT2D eigenvalue weighted by atomic mass is 9.88. The van der Waals surface area contributed by atoms with Crippen LogP contribution in [0.15, 0.2) is 16.5 Å². The van der Waals surface area contributed by atoms with Gasteiger partial charge in [0.1, 0.15) is 11.5 Å². The second kappa shape index (κ2) is 5.02. The monoisotopic (exact) mass is 223 g/mol. The summed E-state index contributed by atoms with van der Waals surface area (Å²) >= 11 is 0. The van der Waals surface area contributed by atoms with E-state index in [1.165, 1.54) is 0 Å². The lowest BCUT2D eigenvalue weighted by Gasteiger charge is -2.37. The molecule has 1 fully saturated rings. The Kier molecular flexibility index (Phi) is 3.66. The topological polar surface area (TPSA) is 34.4 Å². The fourth-order valence-corrected chi connectivity index (χ4v) is 2.20. The molecule has 0 saturated heterocycles. The number of furan rings is 1. The molecule has 1 aromatic rings. The first kappa shape index (κ1) is 11.7. The zero-order valence-electron chi connectivity index (χ0n) is 10.3. The van der Waals surface area contributed by atoms with Crippen LogP contribution in [0.2, 0.25) is 0 Å². The summed E-state index contributed by atoms with van der Waals surface area (Å²) in [6.45, 7) is 7.00. The molecule has 90 valence electrons. The predicted octanol–water partition coefficient (Wildman–Crippen LogP) is 2.81. The van der Waals surface area contributed by atoms with Gasteiger partial charge < -0.3 is 14.5 Å². The minimum absolute atomic E-state index is 0.293. The van der Waals surface area contributed by atoms with E-state index in [1.807, 2.05) is 19.1 Å². The van der Waals surface area contributed by atoms with Crippen LogP contribution in [-0.2, 0) is 4.74 Å². The molecule has 1 heterocycles. The van der Waals surface area contributed by atoms with Crippen molar-refractivity contribution in [2.45, 2.75) is 51.8 Å². The van der Waals surface area contributed by atoms with E-state index in [-0.39, 0.29) is 0 Å². The summed E-state index contributed by atoms with van der Waals surface area (Å²) in [7, 11) is 0. The van der Waals surface area contributed by atoms with E-state index in [0.29, 0.717) is 18.2 Å². The van der Waals surface area contributed by atoms with Crippen molar-refractivity contribution in [3.63, 3.8) is 0 Å². The molecule has 1 saturated carbocycles. The number of aryl methyl sites for hydroxylation is 1.